The van der Waals surface area contributed by atoms with E-state index in [0.29, 0.717) is 18.3 Å². The largest absolute Gasteiger partial charge is 0.418 e. The second-order valence-electron chi connectivity index (χ2n) is 5.75. The summed E-state index contributed by atoms with van der Waals surface area (Å²) in [4.78, 5) is 0.865. The van der Waals surface area contributed by atoms with Crippen LogP contribution in [-0.2, 0) is 6.54 Å². The highest BCUT2D eigenvalue weighted by Crippen LogP contribution is 2.29. The average Bonchev–Trinajstić information content (AvgIpc) is 2.94. The van der Waals surface area contributed by atoms with Gasteiger partial charge < -0.3 is 9.73 Å². The summed E-state index contributed by atoms with van der Waals surface area (Å²) in [6.07, 6.45) is 0. The maximum absolute atomic E-state index is 5.66. The summed E-state index contributed by atoms with van der Waals surface area (Å²) in [7, 11) is 0. The molecule has 0 aliphatic heterocycles. The standard InChI is InChI=1S/C12H19N5OS/c1-7(2)9-10(19-17-15-9)11-16-14-8(18-11)6-13-12(3,4)5/h7,13H,6H2,1-5H3. The molecule has 19 heavy (non-hydrogen) atoms. The van der Waals surface area contributed by atoms with Gasteiger partial charge in [0, 0.05) is 5.54 Å². The molecule has 0 aromatic carbocycles. The summed E-state index contributed by atoms with van der Waals surface area (Å²) in [5, 5.41) is 15.5. The summed E-state index contributed by atoms with van der Waals surface area (Å²) in [5.74, 6) is 1.37. The Kier molecular flexibility index (Phi) is 3.96. The van der Waals surface area contributed by atoms with Crippen molar-refractivity contribution >= 4 is 11.5 Å². The van der Waals surface area contributed by atoms with Crippen molar-refractivity contribution in [1.82, 2.24) is 25.1 Å². The van der Waals surface area contributed by atoms with Crippen molar-refractivity contribution in [3.63, 3.8) is 0 Å². The minimum atomic E-state index is 0.0176. The predicted octanol–water partition coefficient (Wildman–Crippen LogP) is 2.60. The third-order valence-electron chi connectivity index (χ3n) is 2.49. The molecule has 0 aliphatic rings. The highest BCUT2D eigenvalue weighted by Gasteiger charge is 2.19. The van der Waals surface area contributed by atoms with E-state index in [1.165, 1.54) is 11.5 Å². The van der Waals surface area contributed by atoms with Gasteiger partial charge in [0.2, 0.25) is 5.89 Å². The molecule has 0 bridgehead atoms. The molecule has 1 N–H and O–H groups in total. The number of aromatic nitrogens is 4. The SMILES string of the molecule is CC(C)c1nnsc1-c1nnc(CNC(C)(C)C)o1. The van der Waals surface area contributed by atoms with Crippen molar-refractivity contribution in [2.24, 2.45) is 0 Å². The summed E-state index contributed by atoms with van der Waals surface area (Å²) >= 11 is 1.29. The Bertz CT molecular complexity index is 540. The van der Waals surface area contributed by atoms with Crippen molar-refractivity contribution < 1.29 is 4.42 Å². The van der Waals surface area contributed by atoms with Crippen LogP contribution >= 0.6 is 11.5 Å². The highest BCUT2D eigenvalue weighted by molar-refractivity contribution is 7.09. The van der Waals surface area contributed by atoms with E-state index < -0.39 is 0 Å². The number of nitrogens with zero attached hydrogens (tertiary/aromatic N) is 4. The first-order valence-corrected chi connectivity index (χ1v) is 7.04. The molecule has 7 heteroatoms. The quantitative estimate of drug-likeness (QED) is 0.928. The molecule has 2 rings (SSSR count). The molecule has 0 unspecified atom stereocenters. The molecule has 0 fully saturated rings. The predicted molar refractivity (Wildman–Crippen MR) is 73.9 cm³/mol. The second-order valence-corrected chi connectivity index (χ2v) is 6.50. The summed E-state index contributed by atoms with van der Waals surface area (Å²) in [5.41, 5.74) is 0.924. The number of hydrogen-bond acceptors (Lipinski definition) is 7. The van der Waals surface area contributed by atoms with E-state index in [2.05, 4.69) is 59.7 Å². The fraction of sp³-hybridized carbons (Fsp3) is 0.667. The topological polar surface area (TPSA) is 76.7 Å². The molecule has 2 aromatic heterocycles. The van der Waals surface area contributed by atoms with E-state index in [1.807, 2.05) is 0 Å². The molecule has 0 saturated carbocycles. The van der Waals surface area contributed by atoms with Gasteiger partial charge in [-0.1, -0.05) is 18.3 Å². The Morgan fingerprint density at radius 3 is 2.58 bits per heavy atom. The first kappa shape index (κ1) is 14.1. The van der Waals surface area contributed by atoms with E-state index in [1.54, 1.807) is 0 Å². The van der Waals surface area contributed by atoms with E-state index >= 15 is 0 Å². The fourth-order valence-electron chi connectivity index (χ4n) is 1.48. The lowest BCUT2D eigenvalue weighted by Crippen LogP contribution is -2.35. The van der Waals surface area contributed by atoms with E-state index in [-0.39, 0.29) is 11.5 Å². The molecule has 0 atom stereocenters. The van der Waals surface area contributed by atoms with Gasteiger partial charge in [-0.25, -0.2) is 0 Å². The number of nitrogens with one attached hydrogen (secondary N) is 1. The Morgan fingerprint density at radius 2 is 1.95 bits per heavy atom. The lowest BCUT2D eigenvalue weighted by Gasteiger charge is -2.18. The Labute approximate surface area is 116 Å². The van der Waals surface area contributed by atoms with Crippen LogP contribution in [0.2, 0.25) is 0 Å². The molecule has 0 saturated heterocycles. The summed E-state index contributed by atoms with van der Waals surface area (Å²) in [6, 6.07) is 0. The lowest BCUT2D eigenvalue weighted by molar-refractivity contribution is 0.383. The first-order chi connectivity index (χ1) is 8.87. The minimum Gasteiger partial charge on any atom is -0.418 e. The van der Waals surface area contributed by atoms with Crippen molar-refractivity contribution in [3.05, 3.63) is 11.6 Å². The maximum Gasteiger partial charge on any atom is 0.261 e. The van der Waals surface area contributed by atoms with Gasteiger partial charge in [0.1, 0.15) is 4.88 Å². The van der Waals surface area contributed by atoms with E-state index in [0.717, 1.165) is 10.6 Å². The van der Waals surface area contributed by atoms with Crippen LogP contribution in [0.3, 0.4) is 0 Å². The van der Waals surface area contributed by atoms with Gasteiger partial charge in [0.05, 0.1) is 12.2 Å². The summed E-state index contributed by atoms with van der Waals surface area (Å²) < 4.78 is 9.62. The van der Waals surface area contributed by atoms with Crippen molar-refractivity contribution in [2.45, 2.75) is 52.6 Å². The van der Waals surface area contributed by atoms with Gasteiger partial charge in [-0.3, -0.25) is 0 Å². The molecule has 2 aromatic rings. The van der Waals surface area contributed by atoms with Crippen LogP contribution in [0.1, 0.15) is 52.1 Å². The molecular weight excluding hydrogens is 262 g/mol. The first-order valence-electron chi connectivity index (χ1n) is 6.27. The van der Waals surface area contributed by atoms with Crippen molar-refractivity contribution in [1.29, 1.82) is 0 Å². The average molecular weight is 281 g/mol. The van der Waals surface area contributed by atoms with Crippen molar-refractivity contribution in [3.8, 4) is 10.8 Å². The third kappa shape index (κ3) is 3.57. The Balaban J connectivity index is 2.14. The van der Waals surface area contributed by atoms with E-state index in [4.69, 9.17) is 4.42 Å². The fourth-order valence-corrected chi connectivity index (χ4v) is 2.22. The van der Waals surface area contributed by atoms with Gasteiger partial charge in [-0.05, 0) is 38.2 Å². The smallest absolute Gasteiger partial charge is 0.261 e. The zero-order valence-electron chi connectivity index (χ0n) is 11.9. The van der Waals surface area contributed by atoms with Crippen LogP contribution in [0, 0.1) is 0 Å². The van der Waals surface area contributed by atoms with Crippen LogP contribution in [-0.4, -0.2) is 25.3 Å². The molecule has 0 spiro atoms. The Morgan fingerprint density at radius 1 is 1.21 bits per heavy atom. The van der Waals surface area contributed by atoms with Gasteiger partial charge in [0.15, 0.2) is 0 Å². The van der Waals surface area contributed by atoms with Crippen LogP contribution in [0.25, 0.3) is 10.8 Å². The van der Waals surface area contributed by atoms with Crippen LogP contribution in [0.15, 0.2) is 4.42 Å². The van der Waals surface area contributed by atoms with Crippen LogP contribution in [0.5, 0.6) is 0 Å². The molecular formula is C12H19N5OS. The maximum atomic E-state index is 5.66. The van der Waals surface area contributed by atoms with E-state index in [9.17, 15) is 0 Å². The second kappa shape index (κ2) is 5.34. The van der Waals surface area contributed by atoms with Crippen molar-refractivity contribution in [2.75, 3.05) is 0 Å². The molecule has 6 nitrogen and oxygen atoms in total. The molecule has 0 aliphatic carbocycles. The monoisotopic (exact) mass is 281 g/mol. The van der Waals surface area contributed by atoms with Gasteiger partial charge in [-0.2, -0.15) is 0 Å². The van der Waals surface area contributed by atoms with Crippen LogP contribution in [0.4, 0.5) is 0 Å². The zero-order chi connectivity index (χ0) is 14.0. The highest BCUT2D eigenvalue weighted by atomic mass is 32.1. The van der Waals surface area contributed by atoms with Gasteiger partial charge in [0.25, 0.3) is 5.89 Å². The van der Waals surface area contributed by atoms with Gasteiger partial charge >= 0.3 is 0 Å². The lowest BCUT2D eigenvalue weighted by atomic mass is 10.1. The summed E-state index contributed by atoms with van der Waals surface area (Å²) in [6.45, 7) is 11.0. The van der Waals surface area contributed by atoms with Gasteiger partial charge in [-0.15, -0.1) is 15.3 Å². The Hall–Kier alpha value is -1.34. The normalized spacial score (nSPS) is 12.3. The third-order valence-corrected chi connectivity index (χ3v) is 3.22. The zero-order valence-corrected chi connectivity index (χ0v) is 12.7. The van der Waals surface area contributed by atoms with Crippen LogP contribution < -0.4 is 5.32 Å². The number of rotatable bonds is 4. The minimum absolute atomic E-state index is 0.0176. The number of hydrogen-bond donors (Lipinski definition) is 1. The molecule has 2 heterocycles. The molecule has 0 amide bonds. The molecule has 104 valence electrons. The molecule has 0 radical (unpaired) electrons.